The first-order valence-electron chi connectivity index (χ1n) is 5.20. The maximum Gasteiger partial charge on any atom is 0.249 e. The Morgan fingerprint density at radius 2 is 1.76 bits per heavy atom. The molecule has 2 N–H and O–H groups in total. The number of primary amides is 1. The fourth-order valence-corrected chi connectivity index (χ4v) is 1.64. The lowest BCUT2D eigenvalue weighted by atomic mass is 10.1. The van der Waals surface area contributed by atoms with Crippen LogP contribution in [0.5, 0.6) is 0 Å². The van der Waals surface area contributed by atoms with Gasteiger partial charge in [0.1, 0.15) is 0 Å². The Morgan fingerprint density at radius 3 is 2.41 bits per heavy atom. The Morgan fingerprint density at radius 1 is 1.12 bits per heavy atom. The van der Waals surface area contributed by atoms with Crippen molar-refractivity contribution in [1.29, 1.82) is 0 Å². The smallest absolute Gasteiger partial charge is 0.249 e. The lowest BCUT2D eigenvalue weighted by Gasteiger charge is -2.09. The standard InChI is InChI=1S/C13H12N2O2/c14-13(17)12-4-2-1-3-10(12)9-15-7-5-11(16)6-8-15/h1-8H,9H2,(H2,14,17). The van der Waals surface area contributed by atoms with Gasteiger partial charge in [0.25, 0.3) is 0 Å². The Kier molecular flexibility index (Phi) is 3.05. The molecule has 0 spiro atoms. The van der Waals surface area contributed by atoms with Crippen LogP contribution in [0.3, 0.4) is 0 Å². The van der Waals surface area contributed by atoms with Crippen LogP contribution in [0, 0.1) is 0 Å². The molecule has 0 atom stereocenters. The normalized spacial score (nSPS) is 10.1. The second-order valence-electron chi connectivity index (χ2n) is 3.73. The van der Waals surface area contributed by atoms with Crippen LogP contribution in [0.2, 0.25) is 0 Å². The van der Waals surface area contributed by atoms with Crippen molar-refractivity contribution < 1.29 is 4.79 Å². The Labute approximate surface area is 98.3 Å². The van der Waals surface area contributed by atoms with Gasteiger partial charge in [-0.25, -0.2) is 0 Å². The molecule has 86 valence electrons. The molecule has 1 amide bonds. The average Bonchev–Trinajstić information content (AvgIpc) is 2.32. The highest BCUT2D eigenvalue weighted by Crippen LogP contribution is 2.09. The van der Waals surface area contributed by atoms with E-state index in [1.807, 2.05) is 16.7 Å². The van der Waals surface area contributed by atoms with E-state index in [4.69, 9.17) is 5.73 Å². The highest BCUT2D eigenvalue weighted by Gasteiger charge is 2.06. The van der Waals surface area contributed by atoms with Gasteiger partial charge in [-0.2, -0.15) is 0 Å². The van der Waals surface area contributed by atoms with Gasteiger partial charge in [0.05, 0.1) is 0 Å². The molecule has 17 heavy (non-hydrogen) atoms. The van der Waals surface area contributed by atoms with Crippen LogP contribution in [0.25, 0.3) is 0 Å². The molecule has 1 heterocycles. The minimum Gasteiger partial charge on any atom is -0.366 e. The number of carbonyl (C=O) groups excluding carboxylic acids is 1. The molecule has 2 aromatic rings. The minimum absolute atomic E-state index is 0.0376. The highest BCUT2D eigenvalue weighted by atomic mass is 16.1. The molecule has 4 nitrogen and oxygen atoms in total. The van der Waals surface area contributed by atoms with E-state index in [9.17, 15) is 9.59 Å². The number of hydrogen-bond donors (Lipinski definition) is 1. The van der Waals surface area contributed by atoms with Crippen molar-refractivity contribution in [2.24, 2.45) is 5.73 Å². The van der Waals surface area contributed by atoms with E-state index in [0.717, 1.165) is 5.56 Å². The summed E-state index contributed by atoms with van der Waals surface area (Å²) in [6, 6.07) is 10.1. The second-order valence-corrected chi connectivity index (χ2v) is 3.73. The van der Waals surface area contributed by atoms with Gasteiger partial charge in [0.15, 0.2) is 5.43 Å². The zero-order valence-electron chi connectivity index (χ0n) is 9.17. The van der Waals surface area contributed by atoms with Gasteiger partial charge in [0.2, 0.25) is 5.91 Å². The molecule has 0 aliphatic heterocycles. The Bertz CT molecular complexity index is 582. The van der Waals surface area contributed by atoms with Crippen molar-refractivity contribution >= 4 is 5.91 Å². The third-order valence-electron chi connectivity index (χ3n) is 2.50. The molecule has 0 bridgehead atoms. The van der Waals surface area contributed by atoms with E-state index in [1.54, 1.807) is 24.5 Å². The summed E-state index contributed by atoms with van der Waals surface area (Å²) in [6.07, 6.45) is 3.36. The van der Waals surface area contributed by atoms with Crippen LogP contribution in [0.1, 0.15) is 15.9 Å². The lowest BCUT2D eigenvalue weighted by Crippen LogP contribution is -2.15. The van der Waals surface area contributed by atoms with Gasteiger partial charge in [-0.15, -0.1) is 0 Å². The van der Waals surface area contributed by atoms with Crippen LogP contribution in [0.15, 0.2) is 53.6 Å². The van der Waals surface area contributed by atoms with E-state index in [2.05, 4.69) is 0 Å². The number of rotatable bonds is 3. The second kappa shape index (κ2) is 4.65. The van der Waals surface area contributed by atoms with E-state index in [-0.39, 0.29) is 5.43 Å². The maximum absolute atomic E-state index is 11.2. The molecule has 2 rings (SSSR count). The van der Waals surface area contributed by atoms with Crippen LogP contribution >= 0.6 is 0 Å². The number of carbonyl (C=O) groups is 1. The first-order valence-corrected chi connectivity index (χ1v) is 5.20. The van der Waals surface area contributed by atoms with Crippen LogP contribution < -0.4 is 11.2 Å². The average molecular weight is 228 g/mol. The number of benzene rings is 1. The summed E-state index contributed by atoms with van der Waals surface area (Å²) >= 11 is 0. The first kappa shape index (κ1) is 11.1. The van der Waals surface area contributed by atoms with Gasteiger partial charge in [-0.05, 0) is 11.6 Å². The number of nitrogens with two attached hydrogens (primary N) is 1. The number of nitrogens with zero attached hydrogens (tertiary/aromatic N) is 1. The monoisotopic (exact) mass is 228 g/mol. The predicted octanol–water partition coefficient (Wildman–Crippen LogP) is 0.996. The summed E-state index contributed by atoms with van der Waals surface area (Å²) in [5.74, 6) is -0.443. The lowest BCUT2D eigenvalue weighted by molar-refractivity contribution is 0.0999. The molecule has 0 aliphatic carbocycles. The molecule has 0 fully saturated rings. The molecular formula is C13H12N2O2. The van der Waals surface area contributed by atoms with E-state index in [0.29, 0.717) is 12.1 Å². The fourth-order valence-electron chi connectivity index (χ4n) is 1.64. The van der Waals surface area contributed by atoms with E-state index >= 15 is 0 Å². The first-order chi connectivity index (χ1) is 8.16. The largest absolute Gasteiger partial charge is 0.366 e. The summed E-state index contributed by atoms with van der Waals surface area (Å²) in [4.78, 5) is 22.2. The SMILES string of the molecule is NC(=O)c1ccccc1Cn1ccc(=O)cc1. The number of pyridine rings is 1. The fraction of sp³-hybridized carbons (Fsp3) is 0.0769. The van der Waals surface area contributed by atoms with Crippen LogP contribution in [0.4, 0.5) is 0 Å². The summed E-state index contributed by atoms with van der Waals surface area (Å²) in [5.41, 5.74) is 6.60. The zero-order valence-corrected chi connectivity index (χ0v) is 9.17. The number of amides is 1. The molecule has 0 unspecified atom stereocenters. The molecule has 4 heteroatoms. The van der Waals surface area contributed by atoms with Gasteiger partial charge >= 0.3 is 0 Å². The molecular weight excluding hydrogens is 216 g/mol. The predicted molar refractivity (Wildman–Crippen MR) is 64.8 cm³/mol. The van der Waals surface area contributed by atoms with Gasteiger partial charge in [0, 0.05) is 36.6 Å². The van der Waals surface area contributed by atoms with E-state index < -0.39 is 5.91 Å². The maximum atomic E-state index is 11.2. The van der Waals surface area contributed by atoms with Crippen molar-refractivity contribution in [1.82, 2.24) is 4.57 Å². The van der Waals surface area contributed by atoms with E-state index in [1.165, 1.54) is 12.1 Å². The Hall–Kier alpha value is -2.36. The van der Waals surface area contributed by atoms with Crippen molar-refractivity contribution in [3.63, 3.8) is 0 Å². The van der Waals surface area contributed by atoms with Crippen molar-refractivity contribution in [2.75, 3.05) is 0 Å². The third kappa shape index (κ3) is 2.60. The summed E-state index contributed by atoms with van der Waals surface area (Å²) in [6.45, 7) is 0.513. The highest BCUT2D eigenvalue weighted by molar-refractivity contribution is 5.94. The minimum atomic E-state index is -0.443. The zero-order chi connectivity index (χ0) is 12.3. The molecule has 1 aromatic carbocycles. The molecule has 0 saturated heterocycles. The summed E-state index contributed by atoms with van der Waals surface area (Å²) < 4.78 is 1.82. The molecule has 1 aromatic heterocycles. The Balaban J connectivity index is 2.33. The summed E-state index contributed by atoms with van der Waals surface area (Å²) in [7, 11) is 0. The van der Waals surface area contributed by atoms with Crippen LogP contribution in [-0.4, -0.2) is 10.5 Å². The van der Waals surface area contributed by atoms with Crippen molar-refractivity contribution in [3.05, 3.63) is 70.1 Å². The number of aromatic nitrogens is 1. The quantitative estimate of drug-likeness (QED) is 0.851. The van der Waals surface area contributed by atoms with Gasteiger partial charge < -0.3 is 10.3 Å². The third-order valence-corrected chi connectivity index (χ3v) is 2.50. The van der Waals surface area contributed by atoms with Gasteiger partial charge in [-0.1, -0.05) is 18.2 Å². The molecule has 0 aliphatic rings. The van der Waals surface area contributed by atoms with Crippen molar-refractivity contribution in [3.8, 4) is 0 Å². The molecule has 0 saturated carbocycles. The van der Waals surface area contributed by atoms with Crippen LogP contribution in [-0.2, 0) is 6.54 Å². The van der Waals surface area contributed by atoms with Crippen molar-refractivity contribution in [2.45, 2.75) is 6.54 Å². The number of hydrogen-bond acceptors (Lipinski definition) is 2. The topological polar surface area (TPSA) is 65.1 Å². The summed E-state index contributed by atoms with van der Waals surface area (Å²) in [5, 5.41) is 0. The van der Waals surface area contributed by atoms with Gasteiger partial charge in [-0.3, -0.25) is 9.59 Å². The molecule has 0 radical (unpaired) electrons.